The SMILES string of the molecule is COn1c(C(=O)N(C)C)cc2cc(F)ccc2c1=O. The first-order chi connectivity index (χ1) is 8.95. The summed E-state index contributed by atoms with van der Waals surface area (Å²) in [5.74, 6) is -0.865. The first-order valence-electron chi connectivity index (χ1n) is 5.57. The number of nitrogens with zero attached hydrogens (tertiary/aromatic N) is 2. The average Bonchev–Trinajstić information content (AvgIpc) is 2.37. The van der Waals surface area contributed by atoms with Crippen LogP contribution in [0.5, 0.6) is 0 Å². The van der Waals surface area contributed by atoms with Gasteiger partial charge in [0.15, 0.2) is 0 Å². The van der Waals surface area contributed by atoms with E-state index < -0.39 is 17.3 Å². The third-order valence-electron chi connectivity index (χ3n) is 2.75. The van der Waals surface area contributed by atoms with Crippen LogP contribution >= 0.6 is 0 Å². The van der Waals surface area contributed by atoms with Crippen molar-refractivity contribution in [1.29, 1.82) is 0 Å². The highest BCUT2D eigenvalue weighted by Crippen LogP contribution is 2.14. The maximum atomic E-state index is 13.2. The molecule has 0 unspecified atom stereocenters. The Kier molecular flexibility index (Phi) is 3.25. The van der Waals surface area contributed by atoms with Gasteiger partial charge in [-0.2, -0.15) is 0 Å². The minimum atomic E-state index is -0.495. The number of carbonyl (C=O) groups is 1. The van der Waals surface area contributed by atoms with Gasteiger partial charge in [-0.3, -0.25) is 9.59 Å². The molecule has 1 amide bonds. The van der Waals surface area contributed by atoms with E-state index in [1.165, 1.54) is 36.3 Å². The highest BCUT2D eigenvalue weighted by atomic mass is 19.1. The molecule has 0 N–H and O–H groups in total. The van der Waals surface area contributed by atoms with Gasteiger partial charge in [0.05, 0.1) is 5.39 Å². The van der Waals surface area contributed by atoms with Crippen molar-refractivity contribution in [1.82, 2.24) is 9.63 Å². The monoisotopic (exact) mass is 264 g/mol. The van der Waals surface area contributed by atoms with E-state index in [1.807, 2.05) is 0 Å². The van der Waals surface area contributed by atoms with Crippen LogP contribution in [0.15, 0.2) is 29.1 Å². The smallest absolute Gasteiger partial charge is 0.291 e. The molecule has 0 radical (unpaired) electrons. The molecule has 0 saturated heterocycles. The average molecular weight is 264 g/mol. The predicted octanol–water partition coefficient (Wildman–Crippen LogP) is 0.901. The number of carbonyl (C=O) groups excluding carboxylic acids is 1. The molecule has 5 nitrogen and oxygen atoms in total. The molecule has 2 rings (SSSR count). The molecule has 0 spiro atoms. The first kappa shape index (κ1) is 13.1. The Morgan fingerprint density at radius 1 is 1.32 bits per heavy atom. The molecule has 0 aliphatic rings. The summed E-state index contributed by atoms with van der Waals surface area (Å²) >= 11 is 0. The van der Waals surface area contributed by atoms with E-state index in [0.717, 1.165) is 4.73 Å². The second-order valence-electron chi connectivity index (χ2n) is 4.24. The summed E-state index contributed by atoms with van der Waals surface area (Å²) in [6.07, 6.45) is 0. The summed E-state index contributed by atoms with van der Waals surface area (Å²) in [6.45, 7) is 0. The Morgan fingerprint density at radius 2 is 2.00 bits per heavy atom. The number of hydrogen-bond acceptors (Lipinski definition) is 3. The van der Waals surface area contributed by atoms with Crippen LogP contribution in [-0.4, -0.2) is 36.7 Å². The predicted molar refractivity (Wildman–Crippen MR) is 68.7 cm³/mol. The zero-order valence-corrected chi connectivity index (χ0v) is 10.8. The van der Waals surface area contributed by atoms with Gasteiger partial charge in [-0.25, -0.2) is 4.39 Å². The lowest BCUT2D eigenvalue weighted by molar-refractivity contribution is 0.0760. The molecule has 100 valence electrons. The van der Waals surface area contributed by atoms with Crippen LogP contribution in [0.2, 0.25) is 0 Å². The molecule has 1 aromatic carbocycles. The number of amides is 1. The van der Waals surface area contributed by atoms with Crippen molar-refractivity contribution < 1.29 is 14.0 Å². The normalized spacial score (nSPS) is 10.5. The Balaban J connectivity index is 2.83. The van der Waals surface area contributed by atoms with Gasteiger partial charge in [-0.05, 0) is 29.7 Å². The second-order valence-corrected chi connectivity index (χ2v) is 4.24. The Morgan fingerprint density at radius 3 is 2.58 bits per heavy atom. The van der Waals surface area contributed by atoms with Gasteiger partial charge in [0.1, 0.15) is 18.6 Å². The number of halogens is 1. The van der Waals surface area contributed by atoms with Crippen LogP contribution in [0.25, 0.3) is 10.8 Å². The van der Waals surface area contributed by atoms with Crippen LogP contribution in [0.3, 0.4) is 0 Å². The van der Waals surface area contributed by atoms with Gasteiger partial charge < -0.3 is 9.74 Å². The van der Waals surface area contributed by atoms with Crippen LogP contribution in [0.1, 0.15) is 10.5 Å². The van der Waals surface area contributed by atoms with Crippen LogP contribution in [-0.2, 0) is 0 Å². The molecular formula is C13H13FN2O3. The van der Waals surface area contributed by atoms with Crippen molar-refractivity contribution in [3.05, 3.63) is 46.1 Å². The summed E-state index contributed by atoms with van der Waals surface area (Å²) < 4.78 is 14.1. The number of hydrogen-bond donors (Lipinski definition) is 0. The molecule has 0 fully saturated rings. The molecule has 0 bridgehead atoms. The van der Waals surface area contributed by atoms with Gasteiger partial charge in [-0.1, -0.05) is 0 Å². The molecular weight excluding hydrogens is 251 g/mol. The number of pyridine rings is 1. The van der Waals surface area contributed by atoms with E-state index in [1.54, 1.807) is 14.1 Å². The molecule has 0 saturated carbocycles. The van der Waals surface area contributed by atoms with E-state index in [2.05, 4.69) is 0 Å². The molecule has 2 aromatic rings. The van der Waals surface area contributed by atoms with Crippen molar-refractivity contribution in [3.63, 3.8) is 0 Å². The fourth-order valence-corrected chi connectivity index (χ4v) is 1.83. The largest absolute Gasteiger partial charge is 0.413 e. The second kappa shape index (κ2) is 4.72. The third kappa shape index (κ3) is 2.16. The summed E-state index contributed by atoms with van der Waals surface area (Å²) in [5, 5.41) is 0.655. The van der Waals surface area contributed by atoms with Crippen molar-refractivity contribution in [3.8, 4) is 0 Å². The zero-order chi connectivity index (χ0) is 14.2. The Hall–Kier alpha value is -2.37. The number of benzene rings is 1. The van der Waals surface area contributed by atoms with E-state index >= 15 is 0 Å². The van der Waals surface area contributed by atoms with Crippen molar-refractivity contribution in [2.75, 3.05) is 21.2 Å². The lowest BCUT2D eigenvalue weighted by atomic mass is 10.1. The van der Waals surface area contributed by atoms with Gasteiger partial charge >= 0.3 is 0 Å². The Labute approximate surface area is 108 Å². The van der Waals surface area contributed by atoms with E-state index in [-0.39, 0.29) is 5.69 Å². The summed E-state index contributed by atoms with van der Waals surface area (Å²) in [7, 11) is 4.41. The molecule has 0 atom stereocenters. The topological polar surface area (TPSA) is 51.5 Å². The highest BCUT2D eigenvalue weighted by Gasteiger charge is 2.17. The maximum absolute atomic E-state index is 13.2. The van der Waals surface area contributed by atoms with Crippen LogP contribution in [0.4, 0.5) is 4.39 Å². The molecule has 0 aliphatic heterocycles. The van der Waals surface area contributed by atoms with Gasteiger partial charge in [0.25, 0.3) is 11.5 Å². The van der Waals surface area contributed by atoms with E-state index in [9.17, 15) is 14.0 Å². The summed E-state index contributed by atoms with van der Waals surface area (Å²) in [5.41, 5.74) is -0.444. The van der Waals surface area contributed by atoms with E-state index in [0.29, 0.717) is 10.8 Å². The molecule has 1 aromatic heterocycles. The fourth-order valence-electron chi connectivity index (χ4n) is 1.83. The first-order valence-corrected chi connectivity index (χ1v) is 5.57. The molecule has 1 heterocycles. The number of fused-ring (bicyclic) bond motifs is 1. The summed E-state index contributed by atoms with van der Waals surface area (Å²) in [4.78, 5) is 30.4. The summed E-state index contributed by atoms with van der Waals surface area (Å²) in [6, 6.07) is 5.21. The number of rotatable bonds is 2. The van der Waals surface area contributed by atoms with Gasteiger partial charge in [0.2, 0.25) is 0 Å². The van der Waals surface area contributed by atoms with Gasteiger partial charge in [0, 0.05) is 14.1 Å². The molecule has 19 heavy (non-hydrogen) atoms. The van der Waals surface area contributed by atoms with Crippen molar-refractivity contribution in [2.45, 2.75) is 0 Å². The zero-order valence-electron chi connectivity index (χ0n) is 10.8. The minimum absolute atomic E-state index is 0.0515. The van der Waals surface area contributed by atoms with E-state index in [4.69, 9.17) is 4.84 Å². The van der Waals surface area contributed by atoms with Crippen LogP contribution in [0, 0.1) is 5.82 Å². The molecule has 6 heteroatoms. The minimum Gasteiger partial charge on any atom is -0.413 e. The lowest BCUT2D eigenvalue weighted by Crippen LogP contribution is -2.34. The maximum Gasteiger partial charge on any atom is 0.291 e. The van der Waals surface area contributed by atoms with Crippen LogP contribution < -0.4 is 10.4 Å². The highest BCUT2D eigenvalue weighted by molar-refractivity contribution is 5.96. The fraction of sp³-hybridized carbons (Fsp3) is 0.231. The molecule has 0 aliphatic carbocycles. The standard InChI is InChI=1S/C13H13FN2O3/c1-15(2)13(18)11-7-8-6-9(14)4-5-10(8)12(17)16(11)19-3/h4-7H,1-3H3. The van der Waals surface area contributed by atoms with Crippen molar-refractivity contribution >= 4 is 16.7 Å². The van der Waals surface area contributed by atoms with Gasteiger partial charge in [-0.15, -0.1) is 4.73 Å². The Bertz CT molecular complexity index is 707. The quantitative estimate of drug-likeness (QED) is 0.809. The third-order valence-corrected chi connectivity index (χ3v) is 2.75. The van der Waals surface area contributed by atoms with Crippen molar-refractivity contribution in [2.24, 2.45) is 0 Å². The number of aromatic nitrogens is 1. The lowest BCUT2D eigenvalue weighted by Gasteiger charge is -2.15.